The molecule has 0 saturated carbocycles. The van der Waals surface area contributed by atoms with Crippen molar-refractivity contribution in [2.24, 2.45) is 0 Å². The van der Waals surface area contributed by atoms with Gasteiger partial charge in [-0.25, -0.2) is 9.97 Å². The number of aromatic amines is 1. The number of rotatable bonds is 3. The molecule has 2 aromatic rings. The molecule has 2 bridgehead atoms. The molecule has 3 unspecified atom stereocenters. The molecule has 3 atom stereocenters. The van der Waals surface area contributed by atoms with Crippen molar-refractivity contribution in [3.8, 4) is 0 Å². The highest BCUT2D eigenvalue weighted by atomic mass is 35.5. The lowest BCUT2D eigenvalue weighted by Gasteiger charge is -2.43. The van der Waals surface area contributed by atoms with E-state index in [1.807, 2.05) is 22.7 Å². The highest BCUT2D eigenvalue weighted by molar-refractivity contribution is 8.02. The van der Waals surface area contributed by atoms with Gasteiger partial charge in [0.15, 0.2) is 0 Å². The maximum Gasteiger partial charge on any atom is 0.250 e. The van der Waals surface area contributed by atoms with Crippen LogP contribution in [-0.4, -0.2) is 48.2 Å². The minimum atomic E-state index is -1.11. The molecule has 2 aromatic heterocycles. The summed E-state index contributed by atoms with van der Waals surface area (Å²) in [6.07, 6.45) is 10.0. The molecule has 3 aliphatic heterocycles. The maximum absolute atomic E-state index is 13.3. The molecule has 0 spiro atoms. The van der Waals surface area contributed by atoms with Crippen molar-refractivity contribution in [1.29, 1.82) is 0 Å². The Morgan fingerprint density at radius 2 is 2.11 bits per heavy atom. The van der Waals surface area contributed by atoms with Crippen molar-refractivity contribution in [3.05, 3.63) is 52.2 Å². The molecular formula is C19H20ClN5O2S. The molecule has 0 radical (unpaired) electrons. The average Bonchev–Trinajstić information content (AvgIpc) is 3.41. The number of nitrogens with zero attached hydrogens (tertiary/aromatic N) is 4. The average molecular weight is 418 g/mol. The smallest absolute Gasteiger partial charge is 0.250 e. The normalized spacial score (nSPS) is 31.9. The molecule has 5 rings (SSSR count). The van der Waals surface area contributed by atoms with Crippen molar-refractivity contribution in [2.75, 3.05) is 0 Å². The number of halogens is 1. The Morgan fingerprint density at radius 1 is 1.32 bits per heavy atom. The van der Waals surface area contributed by atoms with Crippen molar-refractivity contribution in [3.63, 3.8) is 0 Å². The highest BCUT2D eigenvalue weighted by Gasteiger charge is 2.51. The van der Waals surface area contributed by atoms with Crippen LogP contribution in [0.15, 0.2) is 35.9 Å². The summed E-state index contributed by atoms with van der Waals surface area (Å²) in [5, 5.41) is 20.7. The highest BCUT2D eigenvalue weighted by Crippen LogP contribution is 2.49. The van der Waals surface area contributed by atoms with Gasteiger partial charge in [-0.1, -0.05) is 11.6 Å². The van der Waals surface area contributed by atoms with E-state index < -0.39 is 5.60 Å². The predicted octanol–water partition coefficient (Wildman–Crippen LogP) is 2.96. The number of thioether (sulfide) groups is 1. The van der Waals surface area contributed by atoms with Gasteiger partial charge in [0.2, 0.25) is 0 Å². The summed E-state index contributed by atoms with van der Waals surface area (Å²) in [7, 11) is 0. The van der Waals surface area contributed by atoms with Crippen LogP contribution in [-0.2, 0) is 10.4 Å². The zero-order chi connectivity index (χ0) is 19.3. The van der Waals surface area contributed by atoms with Crippen LogP contribution in [0.2, 0.25) is 5.02 Å². The number of carbonyl (C=O) groups excluding carboxylic acids is 1. The molecule has 2 fully saturated rings. The molecule has 9 heteroatoms. The van der Waals surface area contributed by atoms with E-state index in [-0.39, 0.29) is 23.2 Å². The number of aliphatic hydroxyl groups is 1. The fourth-order valence-electron chi connectivity index (χ4n) is 4.80. The van der Waals surface area contributed by atoms with E-state index in [9.17, 15) is 9.90 Å². The van der Waals surface area contributed by atoms with E-state index in [2.05, 4.69) is 20.2 Å². The van der Waals surface area contributed by atoms with Crippen molar-refractivity contribution in [1.82, 2.24) is 25.1 Å². The Kier molecular flexibility index (Phi) is 4.45. The molecule has 0 aliphatic carbocycles. The number of nitrogens with one attached hydrogen (secondary N) is 1. The molecule has 2 saturated heterocycles. The monoisotopic (exact) mass is 417 g/mol. The van der Waals surface area contributed by atoms with Crippen LogP contribution < -0.4 is 0 Å². The zero-order valence-electron chi connectivity index (χ0n) is 15.1. The minimum Gasteiger partial charge on any atom is -0.383 e. The van der Waals surface area contributed by atoms with E-state index in [0.29, 0.717) is 30.0 Å². The first-order valence-electron chi connectivity index (χ1n) is 9.39. The Hall–Kier alpha value is -1.90. The second kappa shape index (κ2) is 6.86. The molecule has 1 amide bonds. The van der Waals surface area contributed by atoms with Gasteiger partial charge in [-0.3, -0.25) is 9.89 Å². The van der Waals surface area contributed by atoms with Crippen LogP contribution in [0.3, 0.4) is 0 Å². The SMILES string of the molecule is O=C(C1=CSC(c2cn[nH]c2)C1)N1C2CCC1CC(O)(c1ncncc1Cl)C2. The minimum absolute atomic E-state index is 0.00107. The zero-order valence-corrected chi connectivity index (χ0v) is 16.7. The van der Waals surface area contributed by atoms with Gasteiger partial charge in [-0.05, 0) is 24.7 Å². The van der Waals surface area contributed by atoms with Gasteiger partial charge in [-0.15, -0.1) is 11.8 Å². The van der Waals surface area contributed by atoms with Crippen LogP contribution in [0.1, 0.15) is 48.6 Å². The number of H-pyrrole nitrogens is 1. The van der Waals surface area contributed by atoms with Gasteiger partial charge in [0.25, 0.3) is 5.91 Å². The topological polar surface area (TPSA) is 95.0 Å². The molecule has 28 heavy (non-hydrogen) atoms. The van der Waals surface area contributed by atoms with Crippen LogP contribution in [0.25, 0.3) is 0 Å². The first kappa shape index (κ1) is 18.1. The lowest BCUT2D eigenvalue weighted by molar-refractivity contribution is -0.138. The van der Waals surface area contributed by atoms with Crippen LogP contribution in [0.4, 0.5) is 0 Å². The maximum atomic E-state index is 13.3. The quantitative estimate of drug-likeness (QED) is 0.797. The van der Waals surface area contributed by atoms with Gasteiger partial charge in [0, 0.05) is 53.7 Å². The Morgan fingerprint density at radius 3 is 2.79 bits per heavy atom. The number of hydrogen-bond donors (Lipinski definition) is 2. The fraction of sp³-hybridized carbons (Fsp3) is 0.474. The first-order valence-corrected chi connectivity index (χ1v) is 10.7. The number of hydrogen-bond acceptors (Lipinski definition) is 6. The lowest BCUT2D eigenvalue weighted by Crippen LogP contribution is -2.52. The molecule has 7 nitrogen and oxygen atoms in total. The summed E-state index contributed by atoms with van der Waals surface area (Å²) in [4.78, 5) is 23.4. The third-order valence-corrected chi connectivity index (χ3v) is 7.52. The molecule has 3 aliphatic rings. The van der Waals surface area contributed by atoms with E-state index >= 15 is 0 Å². The number of piperidine rings is 1. The summed E-state index contributed by atoms with van der Waals surface area (Å²) >= 11 is 7.91. The summed E-state index contributed by atoms with van der Waals surface area (Å²) in [6, 6.07) is 0.00214. The van der Waals surface area contributed by atoms with Crippen LogP contribution in [0, 0.1) is 0 Å². The van der Waals surface area contributed by atoms with Crippen molar-refractivity contribution in [2.45, 2.75) is 55.0 Å². The Labute approximate surface area is 171 Å². The first-order chi connectivity index (χ1) is 13.5. The fourth-order valence-corrected chi connectivity index (χ4v) is 6.17. The van der Waals surface area contributed by atoms with Gasteiger partial charge < -0.3 is 10.0 Å². The van der Waals surface area contributed by atoms with Gasteiger partial charge >= 0.3 is 0 Å². The van der Waals surface area contributed by atoms with Gasteiger partial charge in [0.1, 0.15) is 11.9 Å². The van der Waals surface area contributed by atoms with Crippen molar-refractivity contribution < 1.29 is 9.90 Å². The third-order valence-electron chi connectivity index (χ3n) is 6.06. The summed E-state index contributed by atoms with van der Waals surface area (Å²) < 4.78 is 0. The number of carbonyl (C=O) groups is 1. The van der Waals surface area contributed by atoms with Crippen LogP contribution >= 0.6 is 23.4 Å². The molecule has 146 valence electrons. The molecular weight excluding hydrogens is 398 g/mol. The standard InChI is InChI=1S/C19H20ClN5O2S/c20-15-8-21-10-22-17(15)19(27)4-13-1-2-14(5-19)25(13)18(26)11-3-16(28-9-11)12-6-23-24-7-12/h6-10,13-14,16,27H,1-5H2,(H,23,24). The lowest BCUT2D eigenvalue weighted by atomic mass is 9.83. The van der Waals surface area contributed by atoms with E-state index in [1.54, 1.807) is 11.8 Å². The number of aromatic nitrogens is 4. The molecule has 2 N–H and O–H groups in total. The second-order valence-electron chi connectivity index (χ2n) is 7.76. The summed E-state index contributed by atoms with van der Waals surface area (Å²) in [5.74, 6) is 0.0989. The van der Waals surface area contributed by atoms with Crippen LogP contribution in [0.5, 0.6) is 0 Å². The van der Waals surface area contributed by atoms with E-state index in [0.717, 1.165) is 24.0 Å². The molecule has 0 aromatic carbocycles. The van der Waals surface area contributed by atoms with Gasteiger partial charge in [0.05, 0.1) is 16.9 Å². The van der Waals surface area contributed by atoms with E-state index in [1.165, 1.54) is 12.5 Å². The van der Waals surface area contributed by atoms with Crippen molar-refractivity contribution >= 4 is 29.3 Å². The summed E-state index contributed by atoms with van der Waals surface area (Å²) in [5.41, 5.74) is 1.32. The predicted molar refractivity (Wildman–Crippen MR) is 105 cm³/mol. The largest absolute Gasteiger partial charge is 0.383 e. The second-order valence-corrected chi connectivity index (χ2v) is 9.24. The van der Waals surface area contributed by atoms with E-state index in [4.69, 9.17) is 11.6 Å². The summed E-state index contributed by atoms with van der Waals surface area (Å²) in [6.45, 7) is 0. The van der Waals surface area contributed by atoms with Gasteiger partial charge in [-0.2, -0.15) is 5.10 Å². The Bertz CT molecular complexity index is 920. The molecule has 5 heterocycles. The number of fused-ring (bicyclic) bond motifs is 2. The Balaban J connectivity index is 1.33. The third kappa shape index (κ3) is 2.94. The number of amides is 1.